The van der Waals surface area contributed by atoms with Gasteiger partial charge in [0.2, 0.25) is 15.1 Å². The summed E-state index contributed by atoms with van der Waals surface area (Å²) in [5.41, 5.74) is -0.280. The maximum absolute atomic E-state index is 14.2. The van der Waals surface area contributed by atoms with Crippen LogP contribution in [0.2, 0.25) is 0 Å². The number of nitrogens with zero attached hydrogens (tertiary/aromatic N) is 2. The number of thiazole rings is 1. The van der Waals surface area contributed by atoms with Gasteiger partial charge < -0.3 is 4.74 Å². The topological polar surface area (TPSA) is 101 Å². The van der Waals surface area contributed by atoms with E-state index in [9.17, 15) is 26.4 Å². The van der Waals surface area contributed by atoms with Gasteiger partial charge in [0.05, 0.1) is 16.8 Å². The Labute approximate surface area is 179 Å². The summed E-state index contributed by atoms with van der Waals surface area (Å²) in [4.78, 5) is 17.0. The predicted octanol–water partition coefficient (Wildman–Crippen LogP) is 3.93. The monoisotopic (exact) mass is 472 g/mol. The average molecular weight is 472 g/mol. The molecule has 3 aromatic rings. The van der Waals surface area contributed by atoms with Gasteiger partial charge in [-0.3, -0.25) is 10.2 Å². The molecule has 31 heavy (non-hydrogen) atoms. The summed E-state index contributed by atoms with van der Waals surface area (Å²) in [6, 6.07) is 4.84. The zero-order valence-electron chi connectivity index (χ0n) is 16.0. The van der Waals surface area contributed by atoms with Crippen LogP contribution in [0.15, 0.2) is 47.5 Å². The first-order chi connectivity index (χ1) is 14.6. The summed E-state index contributed by atoms with van der Waals surface area (Å²) in [5, 5.41) is 2.60. The number of sulfonamides is 1. The van der Waals surface area contributed by atoms with E-state index in [0.717, 1.165) is 46.6 Å². The van der Waals surface area contributed by atoms with Gasteiger partial charge in [-0.2, -0.15) is 0 Å². The van der Waals surface area contributed by atoms with Gasteiger partial charge in [-0.1, -0.05) is 11.3 Å². The minimum absolute atomic E-state index is 0.0585. The smallest absolute Gasteiger partial charge is 0.327 e. The van der Waals surface area contributed by atoms with Crippen molar-refractivity contribution in [2.24, 2.45) is 0 Å². The van der Waals surface area contributed by atoms with E-state index in [-0.39, 0.29) is 26.5 Å². The van der Waals surface area contributed by atoms with Crippen molar-refractivity contribution in [1.82, 2.24) is 9.71 Å². The van der Waals surface area contributed by atoms with E-state index in [0.29, 0.717) is 6.07 Å². The number of carbonyl (C=O) groups is 1. The number of hydrogen-bond donors (Lipinski definition) is 2. The number of aromatic nitrogens is 1. The zero-order valence-corrected chi connectivity index (χ0v) is 17.7. The third-order valence-electron chi connectivity index (χ3n) is 3.92. The molecule has 2 aromatic carbocycles. The maximum atomic E-state index is 14.2. The lowest BCUT2D eigenvalue weighted by Crippen LogP contribution is -2.32. The second-order valence-corrected chi connectivity index (χ2v) is 8.88. The lowest BCUT2D eigenvalue weighted by Gasteiger charge is -2.18. The lowest BCUT2D eigenvalue weighted by atomic mass is 10.3. The van der Waals surface area contributed by atoms with E-state index in [1.165, 1.54) is 20.3 Å². The van der Waals surface area contributed by atoms with Gasteiger partial charge in [0.15, 0.2) is 5.13 Å². The number of nitrogens with one attached hydrogen (secondary N) is 2. The van der Waals surface area contributed by atoms with Crippen LogP contribution >= 0.6 is 11.3 Å². The highest BCUT2D eigenvalue weighted by atomic mass is 32.2. The molecule has 0 aliphatic rings. The Hall–Kier alpha value is -3.16. The van der Waals surface area contributed by atoms with E-state index in [1.54, 1.807) is 0 Å². The first-order valence-corrected chi connectivity index (χ1v) is 10.8. The molecule has 0 atom stereocenters. The second kappa shape index (κ2) is 8.91. The molecule has 0 unspecified atom stereocenters. The Kier molecular flexibility index (Phi) is 6.48. The molecule has 0 aliphatic carbocycles. The van der Waals surface area contributed by atoms with Crippen molar-refractivity contribution in [3.05, 3.63) is 60.0 Å². The zero-order chi connectivity index (χ0) is 22.8. The highest BCUT2D eigenvalue weighted by molar-refractivity contribution is 7.89. The van der Waals surface area contributed by atoms with E-state index >= 15 is 0 Å². The fourth-order valence-electron chi connectivity index (χ4n) is 2.39. The molecular weight excluding hydrogens is 457 g/mol. The minimum atomic E-state index is -3.84. The van der Waals surface area contributed by atoms with Crippen molar-refractivity contribution in [2.75, 3.05) is 24.3 Å². The number of rotatable bonds is 6. The average Bonchev–Trinajstić information content (AvgIpc) is 3.13. The van der Waals surface area contributed by atoms with Crippen LogP contribution in [-0.4, -0.2) is 33.5 Å². The van der Waals surface area contributed by atoms with Crippen molar-refractivity contribution < 1.29 is 31.1 Å². The van der Waals surface area contributed by atoms with Crippen LogP contribution in [0.4, 0.5) is 28.8 Å². The molecule has 2 N–H and O–H groups in total. The molecule has 0 bridgehead atoms. The number of amides is 2. The van der Waals surface area contributed by atoms with Crippen LogP contribution in [0.25, 0.3) is 0 Å². The lowest BCUT2D eigenvalue weighted by molar-refractivity contribution is 0.258. The van der Waals surface area contributed by atoms with E-state index < -0.39 is 33.5 Å². The summed E-state index contributed by atoms with van der Waals surface area (Å²) in [6.45, 7) is 0. The van der Waals surface area contributed by atoms with Crippen LogP contribution in [-0.2, 0) is 10.0 Å². The molecule has 0 aliphatic heterocycles. The van der Waals surface area contributed by atoms with Gasteiger partial charge in [0, 0.05) is 25.2 Å². The third-order valence-corrected chi connectivity index (χ3v) is 6.12. The SMILES string of the molecule is CNS(=O)(=O)c1ccc(F)c(N(C)C(=O)Nc2ncc(Oc3cc(F)cc(F)c3)s2)c1. The number of anilines is 2. The van der Waals surface area contributed by atoms with Crippen LogP contribution in [0.1, 0.15) is 0 Å². The Morgan fingerprint density at radius 2 is 1.81 bits per heavy atom. The summed E-state index contributed by atoms with van der Waals surface area (Å²) in [6.07, 6.45) is 1.23. The van der Waals surface area contributed by atoms with Crippen LogP contribution in [0.3, 0.4) is 0 Å². The second-order valence-electron chi connectivity index (χ2n) is 6.00. The molecule has 0 saturated carbocycles. The maximum Gasteiger partial charge on any atom is 0.327 e. The number of ether oxygens (including phenoxy) is 1. The summed E-state index contributed by atoms with van der Waals surface area (Å²) in [7, 11) is -1.40. The molecule has 8 nitrogen and oxygen atoms in total. The number of benzene rings is 2. The summed E-state index contributed by atoms with van der Waals surface area (Å²) < 4.78 is 71.9. The van der Waals surface area contributed by atoms with Gasteiger partial charge in [0.25, 0.3) is 0 Å². The number of carbonyl (C=O) groups excluding carboxylic acids is 1. The molecule has 2 amide bonds. The van der Waals surface area contributed by atoms with Crippen molar-refractivity contribution in [3.63, 3.8) is 0 Å². The Bertz CT molecular complexity index is 1210. The predicted molar refractivity (Wildman–Crippen MR) is 109 cm³/mol. The molecule has 1 aromatic heterocycles. The van der Waals surface area contributed by atoms with Crippen molar-refractivity contribution in [2.45, 2.75) is 4.90 Å². The third kappa shape index (κ3) is 5.31. The normalized spacial score (nSPS) is 11.3. The van der Waals surface area contributed by atoms with Crippen molar-refractivity contribution >= 4 is 38.2 Å². The molecular formula is C18H15F3N4O4S2. The first-order valence-electron chi connectivity index (χ1n) is 8.46. The number of hydrogen-bond acceptors (Lipinski definition) is 6. The Morgan fingerprint density at radius 3 is 2.45 bits per heavy atom. The van der Waals surface area contributed by atoms with E-state index in [1.807, 2.05) is 0 Å². The molecule has 1 heterocycles. The fraction of sp³-hybridized carbons (Fsp3) is 0.111. The highest BCUT2D eigenvalue weighted by Crippen LogP contribution is 2.31. The summed E-state index contributed by atoms with van der Waals surface area (Å²) >= 11 is 0.859. The van der Waals surface area contributed by atoms with Crippen LogP contribution in [0.5, 0.6) is 10.8 Å². The van der Waals surface area contributed by atoms with Crippen molar-refractivity contribution in [3.8, 4) is 10.8 Å². The first kappa shape index (κ1) is 22.5. The summed E-state index contributed by atoms with van der Waals surface area (Å²) in [5.74, 6) is -2.55. The fourth-order valence-corrected chi connectivity index (χ4v) is 3.81. The van der Waals surface area contributed by atoms with Gasteiger partial charge in [-0.15, -0.1) is 0 Å². The molecule has 0 radical (unpaired) electrons. The van der Waals surface area contributed by atoms with Gasteiger partial charge in [0.1, 0.15) is 23.2 Å². The van der Waals surface area contributed by atoms with E-state index in [4.69, 9.17) is 4.74 Å². The standard InChI is InChI=1S/C18H15F3N4O4S2/c1-22-31(27,28)13-3-4-14(21)15(8-13)25(2)18(26)24-17-23-9-16(30-17)29-12-6-10(19)5-11(20)7-12/h3-9,22H,1-2H3,(H,23,24,26). The molecule has 0 fully saturated rings. The number of urea groups is 1. The van der Waals surface area contributed by atoms with Gasteiger partial charge in [-0.05, 0) is 25.2 Å². The highest BCUT2D eigenvalue weighted by Gasteiger charge is 2.20. The Balaban J connectivity index is 1.74. The van der Waals surface area contributed by atoms with Crippen LogP contribution in [0, 0.1) is 17.5 Å². The molecule has 3 rings (SSSR count). The van der Waals surface area contributed by atoms with E-state index in [2.05, 4.69) is 15.0 Å². The van der Waals surface area contributed by atoms with Crippen molar-refractivity contribution in [1.29, 1.82) is 0 Å². The van der Waals surface area contributed by atoms with Crippen LogP contribution < -0.4 is 19.7 Å². The quantitative estimate of drug-likeness (QED) is 0.566. The molecule has 0 spiro atoms. The van der Waals surface area contributed by atoms with Gasteiger partial charge in [-0.25, -0.2) is 36.1 Å². The number of halogens is 3. The molecule has 13 heteroatoms. The molecule has 164 valence electrons. The Morgan fingerprint density at radius 1 is 1.13 bits per heavy atom. The molecule has 0 saturated heterocycles. The van der Waals surface area contributed by atoms with Gasteiger partial charge >= 0.3 is 6.03 Å². The minimum Gasteiger partial charge on any atom is -0.445 e. The largest absolute Gasteiger partial charge is 0.445 e.